The topological polar surface area (TPSA) is 46.3 Å². The summed E-state index contributed by atoms with van der Waals surface area (Å²) in [6.45, 7) is 7.55. The largest absolute Gasteiger partial charge is 0.330 e. The lowest BCUT2D eigenvalue weighted by atomic mass is 10.2. The second-order valence-corrected chi connectivity index (χ2v) is 6.05. The van der Waals surface area contributed by atoms with Crippen LogP contribution in [0.3, 0.4) is 0 Å². The maximum absolute atomic E-state index is 12.3. The van der Waals surface area contributed by atoms with E-state index in [4.69, 9.17) is 5.73 Å². The van der Waals surface area contributed by atoms with Gasteiger partial charge in [-0.15, -0.1) is 11.8 Å². The highest BCUT2D eigenvalue weighted by molar-refractivity contribution is 8.00. The van der Waals surface area contributed by atoms with Gasteiger partial charge in [0.05, 0.1) is 5.75 Å². The zero-order chi connectivity index (χ0) is 14.3. The molecule has 4 heteroatoms. The number of nitrogens with zero attached hydrogens (tertiary/aromatic N) is 1. The van der Waals surface area contributed by atoms with Crippen LogP contribution in [-0.4, -0.2) is 30.0 Å². The molecule has 0 radical (unpaired) electrons. The maximum atomic E-state index is 12.3. The van der Waals surface area contributed by atoms with Crippen LogP contribution in [0.2, 0.25) is 0 Å². The molecule has 19 heavy (non-hydrogen) atoms. The van der Waals surface area contributed by atoms with Crippen molar-refractivity contribution in [3.8, 4) is 0 Å². The summed E-state index contributed by atoms with van der Waals surface area (Å²) in [5, 5.41) is 0.435. The normalized spacial score (nSPS) is 12.2. The molecule has 1 amide bonds. The van der Waals surface area contributed by atoms with Gasteiger partial charge in [0.25, 0.3) is 0 Å². The summed E-state index contributed by atoms with van der Waals surface area (Å²) in [5.41, 5.74) is 7.68. The monoisotopic (exact) mass is 280 g/mol. The van der Waals surface area contributed by atoms with Crippen molar-refractivity contribution in [1.82, 2.24) is 0 Å². The molecule has 0 fully saturated rings. The highest BCUT2D eigenvalue weighted by atomic mass is 32.2. The van der Waals surface area contributed by atoms with Crippen molar-refractivity contribution in [1.29, 1.82) is 0 Å². The summed E-state index contributed by atoms with van der Waals surface area (Å²) in [6, 6.07) is 8.01. The minimum Gasteiger partial charge on any atom is -0.330 e. The van der Waals surface area contributed by atoms with E-state index in [-0.39, 0.29) is 5.91 Å². The van der Waals surface area contributed by atoms with E-state index in [2.05, 4.69) is 6.92 Å². The minimum atomic E-state index is 0.172. The molecule has 0 heterocycles. The summed E-state index contributed by atoms with van der Waals surface area (Å²) in [6.07, 6.45) is 0.953. The zero-order valence-electron chi connectivity index (χ0n) is 12.1. The number of para-hydroxylation sites is 1. The molecule has 1 atom stereocenters. The van der Waals surface area contributed by atoms with Crippen LogP contribution in [-0.2, 0) is 4.79 Å². The number of hydrogen-bond acceptors (Lipinski definition) is 3. The van der Waals surface area contributed by atoms with Crippen LogP contribution >= 0.6 is 11.8 Å². The Morgan fingerprint density at radius 1 is 1.42 bits per heavy atom. The summed E-state index contributed by atoms with van der Waals surface area (Å²) in [7, 11) is 0. The van der Waals surface area contributed by atoms with Gasteiger partial charge >= 0.3 is 0 Å². The van der Waals surface area contributed by atoms with Gasteiger partial charge in [0, 0.05) is 17.5 Å². The number of hydrogen-bond donors (Lipinski definition) is 1. The van der Waals surface area contributed by atoms with Gasteiger partial charge in [-0.05, 0) is 38.4 Å². The molecule has 1 aromatic carbocycles. The SMILES string of the molecule is CCN(C(=O)CSC(C)CCN)c1ccccc1C. The number of benzene rings is 1. The highest BCUT2D eigenvalue weighted by Gasteiger charge is 2.16. The first-order chi connectivity index (χ1) is 9.10. The van der Waals surface area contributed by atoms with E-state index in [0.717, 1.165) is 17.7 Å². The van der Waals surface area contributed by atoms with Crippen LogP contribution in [0, 0.1) is 6.92 Å². The smallest absolute Gasteiger partial charge is 0.236 e. The van der Waals surface area contributed by atoms with Crippen molar-refractivity contribution in [3.63, 3.8) is 0 Å². The maximum Gasteiger partial charge on any atom is 0.236 e. The summed E-state index contributed by atoms with van der Waals surface area (Å²) in [4.78, 5) is 14.2. The second kappa shape index (κ2) is 8.23. The molecule has 0 aromatic heterocycles. The van der Waals surface area contributed by atoms with Gasteiger partial charge in [-0.2, -0.15) is 0 Å². The van der Waals surface area contributed by atoms with Gasteiger partial charge in [-0.1, -0.05) is 25.1 Å². The number of anilines is 1. The van der Waals surface area contributed by atoms with Gasteiger partial charge < -0.3 is 10.6 Å². The molecule has 0 saturated carbocycles. The zero-order valence-corrected chi connectivity index (χ0v) is 12.9. The minimum absolute atomic E-state index is 0.172. The predicted octanol–water partition coefficient (Wildman–Crippen LogP) is 2.82. The highest BCUT2D eigenvalue weighted by Crippen LogP contribution is 2.21. The van der Waals surface area contributed by atoms with Crippen LogP contribution in [0.5, 0.6) is 0 Å². The number of carbonyl (C=O) groups excluding carboxylic acids is 1. The molecule has 0 aliphatic carbocycles. The predicted molar refractivity (Wildman–Crippen MR) is 84.8 cm³/mol. The Kier molecular flexibility index (Phi) is 6.95. The average Bonchev–Trinajstić information content (AvgIpc) is 2.40. The third kappa shape index (κ3) is 4.88. The molecule has 106 valence electrons. The van der Waals surface area contributed by atoms with E-state index < -0.39 is 0 Å². The number of aryl methyl sites for hydroxylation is 1. The first-order valence-corrected chi connectivity index (χ1v) is 7.82. The third-order valence-electron chi connectivity index (χ3n) is 3.09. The van der Waals surface area contributed by atoms with E-state index in [1.807, 2.05) is 43.0 Å². The molecule has 1 unspecified atom stereocenters. The summed E-state index contributed by atoms with van der Waals surface area (Å²) >= 11 is 1.68. The van der Waals surface area contributed by atoms with E-state index in [9.17, 15) is 4.79 Å². The second-order valence-electron chi connectivity index (χ2n) is 4.62. The van der Waals surface area contributed by atoms with Gasteiger partial charge in [0.15, 0.2) is 0 Å². The van der Waals surface area contributed by atoms with Crippen LogP contribution in [0.1, 0.15) is 25.8 Å². The molecule has 1 aromatic rings. The van der Waals surface area contributed by atoms with E-state index in [1.165, 1.54) is 0 Å². The van der Waals surface area contributed by atoms with Crippen LogP contribution in [0.4, 0.5) is 5.69 Å². The first kappa shape index (κ1) is 16.1. The van der Waals surface area contributed by atoms with Crippen LogP contribution < -0.4 is 10.6 Å². The Bertz CT molecular complexity index is 409. The van der Waals surface area contributed by atoms with Gasteiger partial charge in [0.2, 0.25) is 5.91 Å². The van der Waals surface area contributed by atoms with E-state index in [1.54, 1.807) is 11.8 Å². The number of rotatable bonds is 7. The molecule has 0 aliphatic heterocycles. The van der Waals surface area contributed by atoms with Crippen molar-refractivity contribution in [2.75, 3.05) is 23.7 Å². The lowest BCUT2D eigenvalue weighted by Crippen LogP contribution is -2.33. The average molecular weight is 280 g/mol. The molecular weight excluding hydrogens is 256 g/mol. The van der Waals surface area contributed by atoms with E-state index >= 15 is 0 Å². The first-order valence-electron chi connectivity index (χ1n) is 6.77. The Morgan fingerprint density at radius 2 is 2.11 bits per heavy atom. The van der Waals surface area contributed by atoms with E-state index in [0.29, 0.717) is 24.1 Å². The fourth-order valence-electron chi connectivity index (χ4n) is 1.96. The Hall–Kier alpha value is -1.00. The molecule has 0 spiro atoms. The fourth-order valence-corrected chi connectivity index (χ4v) is 2.84. The van der Waals surface area contributed by atoms with Crippen LogP contribution in [0.25, 0.3) is 0 Å². The van der Waals surface area contributed by atoms with Gasteiger partial charge in [-0.3, -0.25) is 4.79 Å². The van der Waals surface area contributed by atoms with Gasteiger partial charge in [-0.25, -0.2) is 0 Å². The quantitative estimate of drug-likeness (QED) is 0.835. The van der Waals surface area contributed by atoms with Gasteiger partial charge in [0.1, 0.15) is 0 Å². The van der Waals surface area contributed by atoms with Crippen molar-refractivity contribution >= 4 is 23.4 Å². The summed E-state index contributed by atoms with van der Waals surface area (Å²) < 4.78 is 0. The molecular formula is C15H24N2OS. The molecule has 2 N–H and O–H groups in total. The number of amides is 1. The lowest BCUT2D eigenvalue weighted by molar-refractivity contribution is -0.116. The summed E-state index contributed by atoms with van der Waals surface area (Å²) in [5.74, 6) is 0.689. The Balaban J connectivity index is 2.65. The number of nitrogens with two attached hydrogens (primary N) is 1. The Morgan fingerprint density at radius 3 is 2.68 bits per heavy atom. The fraction of sp³-hybridized carbons (Fsp3) is 0.533. The number of thioether (sulfide) groups is 1. The Labute approximate surface area is 120 Å². The molecule has 0 bridgehead atoms. The lowest BCUT2D eigenvalue weighted by Gasteiger charge is -2.23. The van der Waals surface area contributed by atoms with Crippen LogP contribution in [0.15, 0.2) is 24.3 Å². The number of carbonyl (C=O) groups is 1. The molecule has 1 rings (SSSR count). The third-order valence-corrected chi connectivity index (χ3v) is 4.31. The standard InChI is InChI=1S/C15H24N2OS/c1-4-17(14-8-6-5-7-12(14)2)15(18)11-19-13(3)9-10-16/h5-8,13H,4,9-11,16H2,1-3H3. The van der Waals surface area contributed by atoms with Crippen molar-refractivity contribution < 1.29 is 4.79 Å². The molecule has 0 aliphatic rings. The van der Waals surface area contributed by atoms with Crippen molar-refractivity contribution in [2.45, 2.75) is 32.4 Å². The molecule has 0 saturated heterocycles. The van der Waals surface area contributed by atoms with Crippen molar-refractivity contribution in [3.05, 3.63) is 29.8 Å². The molecule has 3 nitrogen and oxygen atoms in total. The van der Waals surface area contributed by atoms with Crippen molar-refractivity contribution in [2.24, 2.45) is 5.73 Å².